The van der Waals surface area contributed by atoms with E-state index in [-0.39, 0.29) is 18.7 Å². The summed E-state index contributed by atoms with van der Waals surface area (Å²) in [6.07, 6.45) is -0.0650. The third-order valence-corrected chi connectivity index (χ3v) is 4.00. The minimum Gasteiger partial charge on any atom is -0.326 e. The van der Waals surface area contributed by atoms with Crippen LogP contribution in [0.5, 0.6) is 0 Å². The van der Waals surface area contributed by atoms with Gasteiger partial charge in [0, 0.05) is 29.2 Å². The van der Waals surface area contributed by atoms with Crippen LogP contribution in [0.4, 0.5) is 16.2 Å². The Kier molecular flexibility index (Phi) is 7.19. The van der Waals surface area contributed by atoms with Gasteiger partial charge in [-0.05, 0) is 55.3 Å². The molecule has 0 aromatic heterocycles. The molecule has 0 saturated heterocycles. The summed E-state index contributed by atoms with van der Waals surface area (Å²) in [7, 11) is 0. The van der Waals surface area contributed by atoms with Crippen molar-refractivity contribution in [2.45, 2.75) is 26.7 Å². The molecular weight excluding hydrogens is 368 g/mol. The predicted octanol–water partition coefficient (Wildman–Crippen LogP) is 3.53. The number of hydrazine groups is 1. The summed E-state index contributed by atoms with van der Waals surface area (Å²) in [6, 6.07) is 11.6. The molecule has 0 aliphatic rings. The van der Waals surface area contributed by atoms with Crippen molar-refractivity contribution in [1.29, 1.82) is 0 Å². The summed E-state index contributed by atoms with van der Waals surface area (Å²) in [5, 5.41) is 5.73. The lowest BCUT2D eigenvalue weighted by Gasteiger charge is -2.10. The minimum absolute atomic E-state index is 0.00362. The van der Waals surface area contributed by atoms with Crippen molar-refractivity contribution in [1.82, 2.24) is 10.9 Å². The van der Waals surface area contributed by atoms with Crippen LogP contribution in [0.3, 0.4) is 0 Å². The molecule has 0 saturated carbocycles. The van der Waals surface area contributed by atoms with E-state index in [2.05, 4.69) is 21.5 Å². The maximum Gasteiger partial charge on any atom is 0.337 e. The van der Waals surface area contributed by atoms with E-state index in [1.165, 1.54) is 0 Å². The number of amides is 4. The molecule has 0 spiro atoms. The highest BCUT2D eigenvalue weighted by Crippen LogP contribution is 2.15. The summed E-state index contributed by atoms with van der Waals surface area (Å²) in [5.41, 5.74) is 7.83. The quantitative estimate of drug-likeness (QED) is 0.589. The third kappa shape index (κ3) is 6.99. The molecular formula is C19H21ClN4O3. The van der Waals surface area contributed by atoms with E-state index in [1.54, 1.807) is 24.3 Å². The standard InChI is InChI=1S/C19H21ClN4O3/c1-12-6-7-16(10-13(12)2)21-17(25)8-9-18(26)23-24-19(27)22-15-5-3-4-14(20)11-15/h3-7,10-11H,8-9H2,1-2H3,(H,21,25)(H,23,26)(H2,22,24,27). The van der Waals surface area contributed by atoms with Crippen molar-refractivity contribution in [3.05, 3.63) is 58.6 Å². The van der Waals surface area contributed by atoms with Gasteiger partial charge >= 0.3 is 6.03 Å². The smallest absolute Gasteiger partial charge is 0.326 e. The van der Waals surface area contributed by atoms with Crippen molar-refractivity contribution in [2.75, 3.05) is 10.6 Å². The number of halogens is 1. The molecule has 0 aliphatic heterocycles. The second-order valence-electron chi connectivity index (χ2n) is 5.98. The van der Waals surface area contributed by atoms with Gasteiger partial charge in [0.15, 0.2) is 0 Å². The van der Waals surface area contributed by atoms with Crippen LogP contribution in [0.1, 0.15) is 24.0 Å². The second-order valence-corrected chi connectivity index (χ2v) is 6.42. The number of nitrogens with one attached hydrogen (secondary N) is 4. The van der Waals surface area contributed by atoms with Gasteiger partial charge in [-0.15, -0.1) is 0 Å². The number of hydrogen-bond acceptors (Lipinski definition) is 3. The molecule has 27 heavy (non-hydrogen) atoms. The maximum absolute atomic E-state index is 11.9. The van der Waals surface area contributed by atoms with Gasteiger partial charge in [-0.1, -0.05) is 23.7 Å². The SMILES string of the molecule is Cc1ccc(NC(=O)CCC(=O)NNC(=O)Nc2cccc(Cl)c2)cc1C. The van der Waals surface area contributed by atoms with Crippen LogP contribution in [0.25, 0.3) is 0 Å². The third-order valence-electron chi connectivity index (χ3n) is 3.77. The average Bonchev–Trinajstić information content (AvgIpc) is 2.61. The molecule has 0 radical (unpaired) electrons. The Balaban J connectivity index is 1.69. The fourth-order valence-electron chi connectivity index (χ4n) is 2.19. The number of carbonyl (C=O) groups is 3. The van der Waals surface area contributed by atoms with Crippen LogP contribution in [0.15, 0.2) is 42.5 Å². The zero-order valence-corrected chi connectivity index (χ0v) is 15.8. The van der Waals surface area contributed by atoms with Gasteiger partial charge < -0.3 is 10.6 Å². The fraction of sp³-hybridized carbons (Fsp3) is 0.211. The molecule has 8 heteroatoms. The van der Waals surface area contributed by atoms with Gasteiger partial charge in [0.25, 0.3) is 0 Å². The normalized spacial score (nSPS) is 10.0. The largest absolute Gasteiger partial charge is 0.337 e. The molecule has 4 N–H and O–H groups in total. The first-order valence-corrected chi connectivity index (χ1v) is 8.70. The van der Waals surface area contributed by atoms with Crippen molar-refractivity contribution in [3.8, 4) is 0 Å². The van der Waals surface area contributed by atoms with Gasteiger partial charge in [-0.25, -0.2) is 10.2 Å². The zero-order chi connectivity index (χ0) is 19.8. The zero-order valence-electron chi connectivity index (χ0n) is 15.1. The first kappa shape index (κ1) is 20.3. The lowest BCUT2D eigenvalue weighted by atomic mass is 10.1. The first-order chi connectivity index (χ1) is 12.8. The predicted molar refractivity (Wildman–Crippen MR) is 106 cm³/mol. The van der Waals surface area contributed by atoms with Crippen molar-refractivity contribution in [3.63, 3.8) is 0 Å². The number of rotatable bonds is 5. The maximum atomic E-state index is 11.9. The molecule has 4 amide bonds. The molecule has 7 nitrogen and oxygen atoms in total. The van der Waals surface area contributed by atoms with Crippen molar-refractivity contribution >= 4 is 40.8 Å². The molecule has 0 bridgehead atoms. The van der Waals surface area contributed by atoms with Gasteiger partial charge in [0.05, 0.1) is 0 Å². The highest BCUT2D eigenvalue weighted by molar-refractivity contribution is 6.30. The van der Waals surface area contributed by atoms with E-state index in [0.29, 0.717) is 16.4 Å². The summed E-state index contributed by atoms with van der Waals surface area (Å²) in [5.74, 6) is -0.761. The summed E-state index contributed by atoms with van der Waals surface area (Å²) in [4.78, 5) is 35.4. The molecule has 0 aliphatic carbocycles. The number of aryl methyl sites for hydroxylation is 2. The summed E-state index contributed by atoms with van der Waals surface area (Å²) in [6.45, 7) is 3.94. The molecule has 0 unspecified atom stereocenters. The fourth-order valence-corrected chi connectivity index (χ4v) is 2.38. The van der Waals surface area contributed by atoms with Crippen LogP contribution < -0.4 is 21.5 Å². The topological polar surface area (TPSA) is 99.3 Å². The number of anilines is 2. The molecule has 0 atom stereocenters. The Labute approximate surface area is 162 Å². The van der Waals surface area contributed by atoms with E-state index < -0.39 is 11.9 Å². The van der Waals surface area contributed by atoms with Gasteiger partial charge in [-0.3, -0.25) is 15.0 Å². The van der Waals surface area contributed by atoms with Gasteiger partial charge in [0.2, 0.25) is 11.8 Å². The van der Waals surface area contributed by atoms with E-state index in [0.717, 1.165) is 11.1 Å². The molecule has 0 heterocycles. The summed E-state index contributed by atoms with van der Waals surface area (Å²) >= 11 is 5.82. The van der Waals surface area contributed by atoms with E-state index in [1.807, 2.05) is 32.0 Å². The number of hydrogen-bond donors (Lipinski definition) is 4. The Morgan fingerprint density at radius 2 is 1.52 bits per heavy atom. The number of carbonyl (C=O) groups excluding carboxylic acids is 3. The molecule has 2 aromatic carbocycles. The van der Waals surface area contributed by atoms with Crippen LogP contribution in [0, 0.1) is 13.8 Å². The number of urea groups is 1. The van der Waals surface area contributed by atoms with Crippen LogP contribution in [-0.2, 0) is 9.59 Å². The lowest BCUT2D eigenvalue weighted by Crippen LogP contribution is -2.44. The average molecular weight is 389 g/mol. The monoisotopic (exact) mass is 388 g/mol. The van der Waals surface area contributed by atoms with Crippen molar-refractivity contribution in [2.24, 2.45) is 0 Å². The first-order valence-electron chi connectivity index (χ1n) is 8.32. The lowest BCUT2D eigenvalue weighted by molar-refractivity contribution is -0.124. The van der Waals surface area contributed by atoms with Crippen LogP contribution >= 0.6 is 11.6 Å². The molecule has 2 rings (SSSR count). The highest BCUT2D eigenvalue weighted by Gasteiger charge is 2.09. The molecule has 2 aromatic rings. The second kappa shape index (κ2) is 9.59. The highest BCUT2D eigenvalue weighted by atomic mass is 35.5. The Hall–Kier alpha value is -3.06. The van der Waals surface area contributed by atoms with Crippen LogP contribution in [0.2, 0.25) is 5.02 Å². The molecule has 0 fully saturated rings. The Morgan fingerprint density at radius 3 is 2.22 bits per heavy atom. The molecule has 142 valence electrons. The Morgan fingerprint density at radius 1 is 0.815 bits per heavy atom. The minimum atomic E-state index is -0.620. The van der Waals surface area contributed by atoms with Gasteiger partial charge in [0.1, 0.15) is 0 Å². The Bertz CT molecular complexity index is 855. The summed E-state index contributed by atoms with van der Waals surface area (Å²) < 4.78 is 0. The van der Waals surface area contributed by atoms with E-state index in [9.17, 15) is 14.4 Å². The van der Waals surface area contributed by atoms with E-state index >= 15 is 0 Å². The van der Waals surface area contributed by atoms with Crippen molar-refractivity contribution < 1.29 is 14.4 Å². The van der Waals surface area contributed by atoms with Gasteiger partial charge in [-0.2, -0.15) is 0 Å². The van der Waals surface area contributed by atoms with Crippen LogP contribution in [-0.4, -0.2) is 17.8 Å². The van der Waals surface area contributed by atoms with E-state index in [4.69, 9.17) is 11.6 Å². The number of benzene rings is 2.